The molecule has 0 atom stereocenters. The molecule has 0 aromatic heterocycles. The maximum absolute atomic E-state index is 6.04. The zero-order valence-electron chi connectivity index (χ0n) is 9.57. The summed E-state index contributed by atoms with van der Waals surface area (Å²) in [4.78, 5) is 0. The Morgan fingerprint density at radius 1 is 0.615 bits per heavy atom. The van der Waals surface area contributed by atoms with Crippen LogP contribution in [0.15, 0.2) is 0 Å². The second-order valence-corrected chi connectivity index (χ2v) is 8.98. The molecule has 79 valence electrons. The minimum atomic E-state index is -1.25. The van der Waals surface area contributed by atoms with E-state index in [4.69, 9.17) is 17.5 Å². The highest BCUT2D eigenvalue weighted by molar-refractivity contribution is 6.33. The maximum Gasteiger partial charge on any atom is 1.00 e. The van der Waals surface area contributed by atoms with Crippen LogP contribution in [-0.2, 0) is 0 Å². The van der Waals surface area contributed by atoms with Crippen molar-refractivity contribution in [1.29, 1.82) is 0 Å². The molecule has 0 fully saturated rings. The molecule has 13 heavy (non-hydrogen) atoms. The van der Waals surface area contributed by atoms with Gasteiger partial charge in [-0.15, -0.1) is 0 Å². The summed E-state index contributed by atoms with van der Waals surface area (Å²) in [6, 6.07) is 0. The van der Waals surface area contributed by atoms with Gasteiger partial charge in [-0.05, 0) is 0 Å². The van der Waals surface area contributed by atoms with Crippen molar-refractivity contribution in [2.24, 2.45) is 17.5 Å². The van der Waals surface area contributed by atoms with Gasteiger partial charge in [0.25, 0.3) is 0 Å². The van der Waals surface area contributed by atoms with Gasteiger partial charge in [0.05, 0.1) is 42.3 Å². The topological polar surface area (TPSA) is 78.1 Å². The first kappa shape index (κ1) is 13.0. The van der Waals surface area contributed by atoms with Crippen LogP contribution < -0.4 is 17.5 Å². The van der Waals surface area contributed by atoms with Gasteiger partial charge in [0.15, 0.2) is 0 Å². The summed E-state index contributed by atoms with van der Waals surface area (Å²) in [5, 5.41) is 0. The molecule has 0 aliphatic heterocycles. The van der Waals surface area contributed by atoms with Crippen molar-refractivity contribution < 1.29 is 12.8 Å². The monoisotopic (exact) mass is 208 g/mol. The average molecular weight is 208 g/mol. The van der Waals surface area contributed by atoms with Gasteiger partial charge in [0.1, 0.15) is 0 Å². The van der Waals surface area contributed by atoms with E-state index in [2.05, 4.69) is 0 Å². The van der Waals surface area contributed by atoms with Gasteiger partial charge in [0.2, 0.25) is 0 Å². The SMILES string of the molecule is C[N+](C)(N)[Si]([N+](C)(C)N)[N+](C)(C)N. The molecule has 0 rings (SSSR count). The minimum Gasteiger partial charge on any atom is -0.200 e. The second-order valence-electron chi connectivity index (χ2n) is 4.92. The van der Waals surface area contributed by atoms with Crippen LogP contribution in [0.25, 0.3) is 0 Å². The van der Waals surface area contributed by atoms with Crippen molar-refractivity contribution in [2.75, 3.05) is 42.3 Å². The Hall–Kier alpha value is -0.0231. The van der Waals surface area contributed by atoms with Crippen molar-refractivity contribution >= 4 is 9.28 Å². The molecule has 0 unspecified atom stereocenters. The van der Waals surface area contributed by atoms with Crippen molar-refractivity contribution in [3.8, 4) is 0 Å². The molecule has 0 spiro atoms. The van der Waals surface area contributed by atoms with Gasteiger partial charge in [-0.3, -0.25) is 0 Å². The third-order valence-corrected chi connectivity index (χ3v) is 4.64. The molecule has 0 heterocycles. The fraction of sp³-hybridized carbons (Fsp3) is 1.00. The predicted molar refractivity (Wildman–Crippen MR) is 54.6 cm³/mol. The number of nitrogens with zero attached hydrogens (tertiary/aromatic N) is 3. The molecule has 0 aliphatic rings. The summed E-state index contributed by atoms with van der Waals surface area (Å²) in [6.07, 6.45) is 0. The summed E-state index contributed by atoms with van der Waals surface area (Å²) in [5.41, 5.74) is 0. The average Bonchev–Trinajstić information content (AvgIpc) is 1.44. The summed E-state index contributed by atoms with van der Waals surface area (Å²) in [6.45, 7) is 0. The zero-order chi connectivity index (χ0) is 11.1. The summed E-state index contributed by atoms with van der Waals surface area (Å²) in [7, 11) is 10.3. The van der Waals surface area contributed by atoms with Crippen LogP contribution in [0, 0.1) is 0 Å². The van der Waals surface area contributed by atoms with E-state index in [1.165, 1.54) is 0 Å². The first-order chi connectivity index (χ1) is 5.37. The fourth-order valence-corrected chi connectivity index (χ4v) is 5.98. The molecule has 6 N–H and O–H groups in total. The molecule has 0 aromatic rings. The normalized spacial score (nSPS) is 15.2. The molecule has 0 amide bonds. The van der Waals surface area contributed by atoms with Crippen LogP contribution in [-0.4, -0.2) is 64.3 Å². The van der Waals surface area contributed by atoms with Gasteiger partial charge < -0.3 is 0 Å². The Labute approximate surface area is 82.6 Å². The highest BCUT2D eigenvalue weighted by atomic mass is 28.3. The van der Waals surface area contributed by atoms with E-state index in [1.807, 2.05) is 42.3 Å². The van der Waals surface area contributed by atoms with E-state index in [1.54, 1.807) is 0 Å². The number of nitrogens with two attached hydrogens (primary N) is 3. The Balaban J connectivity index is 5.02. The van der Waals surface area contributed by atoms with Gasteiger partial charge >= 0.3 is 9.28 Å². The number of hydrogen-bond acceptors (Lipinski definition) is 3. The van der Waals surface area contributed by atoms with Crippen molar-refractivity contribution in [3.05, 3.63) is 0 Å². The second kappa shape index (κ2) is 3.28. The molecule has 7 heteroatoms. The van der Waals surface area contributed by atoms with Crippen LogP contribution in [0.3, 0.4) is 0 Å². The van der Waals surface area contributed by atoms with Crippen LogP contribution >= 0.6 is 0 Å². The van der Waals surface area contributed by atoms with Crippen molar-refractivity contribution in [2.45, 2.75) is 0 Å². The lowest BCUT2D eigenvalue weighted by Crippen LogP contribution is -2.85. The van der Waals surface area contributed by atoms with Crippen LogP contribution in [0.4, 0.5) is 0 Å². The molecule has 1 radical (unpaired) electrons. The van der Waals surface area contributed by atoms with E-state index in [0.717, 1.165) is 0 Å². The molecule has 0 aromatic carbocycles. The van der Waals surface area contributed by atoms with E-state index >= 15 is 0 Å². The Morgan fingerprint density at radius 3 is 0.769 bits per heavy atom. The van der Waals surface area contributed by atoms with Gasteiger partial charge in [-0.2, -0.15) is 17.5 Å². The Morgan fingerprint density at radius 2 is 0.769 bits per heavy atom. The number of rotatable bonds is 3. The Kier molecular flexibility index (Phi) is 3.27. The maximum atomic E-state index is 6.04. The fourth-order valence-electron chi connectivity index (χ4n) is 1.99. The smallest absolute Gasteiger partial charge is 0.200 e. The van der Waals surface area contributed by atoms with Crippen LogP contribution in [0.5, 0.6) is 0 Å². The van der Waals surface area contributed by atoms with E-state index in [9.17, 15) is 0 Å². The minimum absolute atomic E-state index is 0.331. The van der Waals surface area contributed by atoms with Gasteiger partial charge in [-0.25, -0.2) is 12.8 Å². The molecule has 0 saturated carbocycles. The van der Waals surface area contributed by atoms with Gasteiger partial charge in [0, 0.05) is 0 Å². The first-order valence-electron chi connectivity index (χ1n) is 4.13. The molecular weight excluding hydrogens is 184 g/mol. The summed E-state index contributed by atoms with van der Waals surface area (Å²) < 4.78 is 0.993. The summed E-state index contributed by atoms with van der Waals surface area (Å²) in [5.74, 6) is 18.1. The summed E-state index contributed by atoms with van der Waals surface area (Å²) >= 11 is 0. The lowest BCUT2D eigenvalue weighted by molar-refractivity contribution is -1.02. The van der Waals surface area contributed by atoms with Crippen LogP contribution in [0.1, 0.15) is 0 Å². The van der Waals surface area contributed by atoms with Crippen molar-refractivity contribution in [3.63, 3.8) is 0 Å². The third kappa shape index (κ3) is 3.69. The predicted octanol–water partition coefficient (Wildman–Crippen LogP) is -2.18. The largest absolute Gasteiger partial charge is 1.00 e. The quantitative estimate of drug-likeness (QED) is 0.280. The van der Waals surface area contributed by atoms with E-state index < -0.39 is 9.28 Å². The Bertz CT molecular complexity index is 140. The zero-order valence-corrected chi connectivity index (χ0v) is 10.6. The highest BCUT2D eigenvalue weighted by Gasteiger charge is 2.70. The third-order valence-electron chi connectivity index (χ3n) is 1.55. The van der Waals surface area contributed by atoms with Gasteiger partial charge in [-0.1, -0.05) is 0 Å². The molecule has 6 nitrogen and oxygen atoms in total. The molecule has 0 aliphatic carbocycles. The molecule has 0 saturated heterocycles. The molecular formula is C6H24N6Si+3. The lowest BCUT2D eigenvalue weighted by atomic mass is 11.2. The van der Waals surface area contributed by atoms with Crippen molar-refractivity contribution in [1.82, 2.24) is 0 Å². The lowest BCUT2D eigenvalue weighted by Gasteiger charge is -2.37. The first-order valence-corrected chi connectivity index (χ1v) is 5.47. The van der Waals surface area contributed by atoms with E-state index in [-0.39, 0.29) is 0 Å². The standard InChI is InChI=1S/C6H24N6Si/c1-10(2,7)13(11(3,4)8)12(5,6)9/h7-9H2,1-6H3/q+3. The highest BCUT2D eigenvalue weighted by Crippen LogP contribution is 2.09. The molecule has 0 bridgehead atoms. The van der Waals surface area contributed by atoms with E-state index in [0.29, 0.717) is 12.8 Å². The number of hydrogen-bond donors (Lipinski definition) is 3. The number of quaternary nitrogens is 3. The van der Waals surface area contributed by atoms with Crippen LogP contribution in [0.2, 0.25) is 0 Å².